The van der Waals surface area contributed by atoms with Gasteiger partial charge in [0.05, 0.1) is 0 Å². The minimum absolute atomic E-state index is 0.558. The predicted molar refractivity (Wildman–Crippen MR) is 58.8 cm³/mol. The Bertz CT molecular complexity index is 301. The van der Waals surface area contributed by atoms with E-state index in [4.69, 9.17) is 10.2 Å². The zero-order chi connectivity index (χ0) is 11.5. The molecule has 0 radical (unpaired) electrons. The van der Waals surface area contributed by atoms with Crippen molar-refractivity contribution in [1.82, 2.24) is 0 Å². The van der Waals surface area contributed by atoms with Crippen LogP contribution in [-0.4, -0.2) is 28.4 Å². The van der Waals surface area contributed by atoms with Gasteiger partial charge in [-0.25, -0.2) is 14.0 Å². The van der Waals surface area contributed by atoms with Gasteiger partial charge in [-0.05, 0) is 11.5 Å². The summed E-state index contributed by atoms with van der Waals surface area (Å²) in [7, 11) is 0. The van der Waals surface area contributed by atoms with Gasteiger partial charge in [0.1, 0.15) is 0 Å². The molecule has 0 unspecified atom stereocenters. The minimum atomic E-state index is -1.26. The van der Waals surface area contributed by atoms with E-state index >= 15 is 0 Å². The molecule has 2 N–H and O–H groups in total. The Morgan fingerprint density at radius 1 is 1.07 bits per heavy atom. The first-order valence-electron chi connectivity index (χ1n) is 3.78. The van der Waals surface area contributed by atoms with Crippen molar-refractivity contribution in [3.8, 4) is 0 Å². The van der Waals surface area contributed by atoms with E-state index in [0.29, 0.717) is 12.2 Å². The van der Waals surface area contributed by atoms with Crippen LogP contribution in [0.2, 0.25) is 0 Å². The molecule has 0 aromatic carbocycles. The molecule has 1 heterocycles. The first kappa shape index (κ1) is 13.2. The monoisotopic (exact) mass is 227 g/mol. The van der Waals surface area contributed by atoms with Gasteiger partial charge in [0, 0.05) is 30.3 Å². The van der Waals surface area contributed by atoms with Gasteiger partial charge < -0.3 is 10.2 Å². The number of hydrogen-bond donors (Lipinski definition) is 2. The van der Waals surface area contributed by atoms with Crippen LogP contribution in [0.4, 0.5) is 0 Å². The van der Waals surface area contributed by atoms with Crippen molar-refractivity contribution in [2.45, 2.75) is 0 Å². The van der Waals surface area contributed by atoms with E-state index in [1.54, 1.807) is 6.21 Å². The van der Waals surface area contributed by atoms with Crippen molar-refractivity contribution in [3.05, 3.63) is 35.8 Å². The number of carboxylic acids is 2. The van der Waals surface area contributed by atoms with Gasteiger partial charge >= 0.3 is 11.9 Å². The lowest BCUT2D eigenvalue weighted by atomic mass is 10.5. The highest BCUT2D eigenvalue weighted by Gasteiger charge is 1.88. The van der Waals surface area contributed by atoms with Gasteiger partial charge in [0.25, 0.3) is 0 Å². The summed E-state index contributed by atoms with van der Waals surface area (Å²) in [4.78, 5) is 19.1. The van der Waals surface area contributed by atoms with Gasteiger partial charge in [-0.1, -0.05) is 12.2 Å². The lowest BCUT2D eigenvalue weighted by Crippen LogP contribution is -1.91. The Balaban J connectivity index is 0.000000262. The molecule has 0 aromatic rings. The Kier molecular flexibility index (Phi) is 7.70. The molecule has 1 aliphatic rings. The molecular formula is C9H9NO4S. The SMILES string of the molecule is C1=CC=NSC=C1.O=C(O)C=CC(=O)O. The molecule has 1 aliphatic heterocycles. The molecule has 1 rings (SSSR count). The standard InChI is InChI=1S/C5H5NS.C4H4O4/c1-2-4-6-7-5-3-1;5-3(6)1-2-4(7)8/h1-5H;1-2H,(H,5,6)(H,7,8). The van der Waals surface area contributed by atoms with Crippen molar-refractivity contribution in [3.63, 3.8) is 0 Å². The maximum atomic E-state index is 9.55. The van der Waals surface area contributed by atoms with Crippen LogP contribution < -0.4 is 0 Å². The van der Waals surface area contributed by atoms with Gasteiger partial charge in [-0.2, -0.15) is 0 Å². The minimum Gasteiger partial charge on any atom is -0.478 e. The van der Waals surface area contributed by atoms with Crippen LogP contribution >= 0.6 is 11.9 Å². The molecular weight excluding hydrogens is 218 g/mol. The second-order valence-corrected chi connectivity index (χ2v) is 2.78. The fourth-order valence-corrected chi connectivity index (χ4v) is 0.814. The highest BCUT2D eigenvalue weighted by Crippen LogP contribution is 2.03. The van der Waals surface area contributed by atoms with E-state index in [0.717, 1.165) is 0 Å². The number of rotatable bonds is 2. The number of aliphatic carboxylic acids is 2. The summed E-state index contributed by atoms with van der Waals surface area (Å²) in [5, 5.41) is 17.6. The quantitative estimate of drug-likeness (QED) is 0.551. The maximum Gasteiger partial charge on any atom is 0.328 e. The van der Waals surface area contributed by atoms with E-state index in [1.807, 2.05) is 23.6 Å². The highest BCUT2D eigenvalue weighted by atomic mass is 32.2. The van der Waals surface area contributed by atoms with E-state index in [2.05, 4.69) is 4.40 Å². The van der Waals surface area contributed by atoms with Gasteiger partial charge in [-0.15, -0.1) is 0 Å². The van der Waals surface area contributed by atoms with E-state index in [1.165, 1.54) is 11.9 Å². The van der Waals surface area contributed by atoms with Crippen LogP contribution in [0.5, 0.6) is 0 Å². The summed E-state index contributed by atoms with van der Waals surface area (Å²) in [5.74, 6) is -2.51. The normalized spacial score (nSPS) is 13.1. The average Bonchev–Trinajstić information content (AvgIpc) is 2.47. The number of allylic oxidation sites excluding steroid dienone is 3. The van der Waals surface area contributed by atoms with Crippen molar-refractivity contribution < 1.29 is 19.8 Å². The second kappa shape index (κ2) is 8.76. The molecule has 6 heteroatoms. The van der Waals surface area contributed by atoms with Crippen molar-refractivity contribution in [2.75, 3.05) is 0 Å². The molecule has 5 nitrogen and oxygen atoms in total. The Morgan fingerprint density at radius 2 is 1.67 bits per heavy atom. The Hall–Kier alpha value is -1.82. The predicted octanol–water partition coefficient (Wildman–Crippen LogP) is 1.50. The van der Waals surface area contributed by atoms with Gasteiger partial charge in [-0.3, -0.25) is 0 Å². The molecule has 0 spiro atoms. The fourth-order valence-electron chi connectivity index (χ4n) is 0.442. The lowest BCUT2D eigenvalue weighted by Gasteiger charge is -1.74. The smallest absolute Gasteiger partial charge is 0.328 e. The average molecular weight is 227 g/mol. The zero-order valence-electron chi connectivity index (χ0n) is 7.61. The van der Waals surface area contributed by atoms with E-state index < -0.39 is 11.9 Å². The van der Waals surface area contributed by atoms with Crippen LogP contribution in [0.1, 0.15) is 0 Å². The Labute approximate surface area is 90.7 Å². The number of carboxylic acid groups (broad SMARTS) is 2. The van der Waals surface area contributed by atoms with E-state index in [9.17, 15) is 9.59 Å². The highest BCUT2D eigenvalue weighted by molar-refractivity contribution is 8.01. The molecule has 0 aliphatic carbocycles. The van der Waals surface area contributed by atoms with Crippen molar-refractivity contribution >= 4 is 30.1 Å². The third-order valence-corrected chi connectivity index (χ3v) is 1.46. The largest absolute Gasteiger partial charge is 0.478 e. The number of carbonyl (C=O) groups is 2. The van der Waals surface area contributed by atoms with Gasteiger partial charge in [0.2, 0.25) is 0 Å². The van der Waals surface area contributed by atoms with Gasteiger partial charge in [0.15, 0.2) is 0 Å². The zero-order valence-corrected chi connectivity index (χ0v) is 8.42. The van der Waals surface area contributed by atoms with Crippen LogP contribution in [0.25, 0.3) is 0 Å². The fraction of sp³-hybridized carbons (Fsp3) is 0. The molecule has 0 fully saturated rings. The molecule has 0 saturated heterocycles. The van der Waals surface area contributed by atoms with Crippen LogP contribution in [-0.2, 0) is 9.59 Å². The first-order valence-corrected chi connectivity index (χ1v) is 4.61. The molecule has 80 valence electrons. The maximum absolute atomic E-state index is 9.55. The molecule has 15 heavy (non-hydrogen) atoms. The number of hydrogen-bond acceptors (Lipinski definition) is 4. The molecule has 0 amide bonds. The summed E-state index contributed by atoms with van der Waals surface area (Å²) in [6.07, 6.45) is 8.69. The van der Waals surface area contributed by atoms with Crippen LogP contribution in [0, 0.1) is 0 Å². The summed E-state index contributed by atoms with van der Waals surface area (Å²) >= 11 is 1.44. The topological polar surface area (TPSA) is 87.0 Å². The van der Waals surface area contributed by atoms with E-state index in [-0.39, 0.29) is 0 Å². The molecule has 0 aromatic heterocycles. The summed E-state index contributed by atoms with van der Waals surface area (Å²) in [5.41, 5.74) is 0. The third kappa shape index (κ3) is 12.2. The first-order chi connectivity index (χ1) is 7.13. The van der Waals surface area contributed by atoms with Crippen molar-refractivity contribution in [2.24, 2.45) is 4.40 Å². The molecule has 0 atom stereocenters. The summed E-state index contributed by atoms with van der Waals surface area (Å²) < 4.78 is 3.89. The summed E-state index contributed by atoms with van der Waals surface area (Å²) in [6, 6.07) is 0. The Morgan fingerprint density at radius 3 is 2.20 bits per heavy atom. The molecule has 0 bridgehead atoms. The second-order valence-electron chi connectivity index (χ2n) is 2.08. The third-order valence-electron chi connectivity index (χ3n) is 0.938. The number of nitrogens with zero attached hydrogens (tertiary/aromatic N) is 1. The lowest BCUT2D eigenvalue weighted by molar-refractivity contribution is -0.134. The van der Waals surface area contributed by atoms with Crippen LogP contribution in [0.15, 0.2) is 40.2 Å². The summed E-state index contributed by atoms with van der Waals surface area (Å²) in [6.45, 7) is 0. The van der Waals surface area contributed by atoms with Crippen molar-refractivity contribution in [1.29, 1.82) is 0 Å². The van der Waals surface area contributed by atoms with Crippen LogP contribution in [0.3, 0.4) is 0 Å². The molecule has 0 saturated carbocycles.